The monoisotopic (exact) mass is 287 g/mol. The van der Waals surface area contributed by atoms with Crippen molar-refractivity contribution >= 4 is 17.9 Å². The van der Waals surface area contributed by atoms with Gasteiger partial charge in [0.25, 0.3) is 0 Å². The number of hydrogen-bond acceptors (Lipinski definition) is 3. The Hall–Kier alpha value is -1.79. The number of nitrogens with one attached hydrogen (secondary N) is 2. The first-order chi connectivity index (χ1) is 9.32. The predicted octanol–water partition coefficient (Wildman–Crippen LogP) is 0.655. The maximum absolute atomic E-state index is 11.8. The summed E-state index contributed by atoms with van der Waals surface area (Å²) in [6.07, 6.45) is 1.11. The molecule has 0 spiro atoms. The third kappa shape index (κ3) is 5.07. The topological polar surface area (TPSA) is 98.7 Å². The minimum atomic E-state index is -0.933. The number of nitrogens with zero attached hydrogens (tertiary/aromatic N) is 1. The molecule has 0 aliphatic rings. The molecule has 116 valence electrons. The van der Waals surface area contributed by atoms with E-state index in [1.54, 1.807) is 20.9 Å². The Morgan fingerprint density at radius 3 is 2.15 bits per heavy atom. The second kappa shape index (κ2) is 8.39. The Morgan fingerprint density at radius 1 is 1.20 bits per heavy atom. The van der Waals surface area contributed by atoms with Gasteiger partial charge >= 0.3 is 12.0 Å². The Kier molecular flexibility index (Phi) is 7.64. The van der Waals surface area contributed by atoms with Crippen LogP contribution in [-0.2, 0) is 9.59 Å². The molecule has 0 fully saturated rings. The van der Waals surface area contributed by atoms with Crippen molar-refractivity contribution in [2.45, 2.75) is 33.1 Å². The van der Waals surface area contributed by atoms with E-state index in [9.17, 15) is 19.5 Å². The van der Waals surface area contributed by atoms with Crippen molar-refractivity contribution < 1.29 is 19.5 Å². The summed E-state index contributed by atoms with van der Waals surface area (Å²) in [5.41, 5.74) is -0.933. The van der Waals surface area contributed by atoms with Gasteiger partial charge in [0.15, 0.2) is 0 Å². The van der Waals surface area contributed by atoms with Crippen LogP contribution in [0, 0.1) is 5.41 Å². The van der Waals surface area contributed by atoms with Crippen molar-refractivity contribution in [2.75, 3.05) is 27.2 Å². The molecule has 7 heteroatoms. The Labute approximate surface area is 119 Å². The fourth-order valence-corrected chi connectivity index (χ4v) is 1.75. The maximum atomic E-state index is 11.8. The number of carbonyl (C=O) groups excluding carboxylic acids is 2. The molecule has 0 aliphatic heterocycles. The van der Waals surface area contributed by atoms with Crippen LogP contribution in [0.4, 0.5) is 4.79 Å². The van der Waals surface area contributed by atoms with Gasteiger partial charge in [-0.05, 0) is 12.8 Å². The van der Waals surface area contributed by atoms with E-state index in [1.807, 2.05) is 0 Å². The van der Waals surface area contributed by atoms with Gasteiger partial charge in [-0.2, -0.15) is 0 Å². The molecule has 0 saturated heterocycles. The summed E-state index contributed by atoms with van der Waals surface area (Å²) in [6.45, 7) is 3.94. The predicted molar refractivity (Wildman–Crippen MR) is 75.4 cm³/mol. The molecule has 0 aromatic heterocycles. The van der Waals surface area contributed by atoms with Crippen LogP contribution in [0.1, 0.15) is 33.1 Å². The molecule has 0 bridgehead atoms. The first kappa shape index (κ1) is 18.2. The molecule has 0 radical (unpaired) electrons. The molecular weight excluding hydrogens is 262 g/mol. The molecule has 7 nitrogen and oxygen atoms in total. The van der Waals surface area contributed by atoms with E-state index < -0.39 is 11.4 Å². The molecule has 3 amide bonds. The van der Waals surface area contributed by atoms with Crippen molar-refractivity contribution in [3.63, 3.8) is 0 Å². The van der Waals surface area contributed by atoms with Gasteiger partial charge in [-0.1, -0.05) is 13.8 Å². The van der Waals surface area contributed by atoms with Gasteiger partial charge in [-0.3, -0.25) is 9.59 Å². The van der Waals surface area contributed by atoms with Gasteiger partial charge in [0.1, 0.15) is 0 Å². The molecule has 0 unspecified atom stereocenters. The van der Waals surface area contributed by atoms with Gasteiger partial charge < -0.3 is 20.6 Å². The van der Waals surface area contributed by atoms with Crippen LogP contribution < -0.4 is 10.6 Å². The lowest BCUT2D eigenvalue weighted by Gasteiger charge is -2.28. The van der Waals surface area contributed by atoms with Crippen molar-refractivity contribution in [1.82, 2.24) is 15.5 Å². The van der Waals surface area contributed by atoms with Crippen LogP contribution in [0.25, 0.3) is 0 Å². The molecule has 0 rings (SSSR count). The van der Waals surface area contributed by atoms with E-state index in [-0.39, 0.29) is 31.4 Å². The molecule has 0 atom stereocenters. The van der Waals surface area contributed by atoms with E-state index in [1.165, 1.54) is 11.9 Å². The molecular formula is C13H25N3O4. The molecule has 0 saturated carbocycles. The van der Waals surface area contributed by atoms with Gasteiger partial charge in [0.2, 0.25) is 5.91 Å². The summed E-state index contributed by atoms with van der Waals surface area (Å²) in [6, 6.07) is -0.374. The van der Waals surface area contributed by atoms with E-state index in [0.29, 0.717) is 12.8 Å². The Morgan fingerprint density at radius 2 is 1.75 bits per heavy atom. The molecule has 3 N–H and O–H groups in total. The van der Waals surface area contributed by atoms with Crippen LogP contribution in [0.15, 0.2) is 0 Å². The third-order valence-electron chi connectivity index (χ3n) is 3.69. The SMILES string of the molecule is CCC(CC)(CNC(=O)N(C)CCC(=O)NC)C(=O)O. The summed E-state index contributed by atoms with van der Waals surface area (Å²) in [5.74, 6) is -1.05. The van der Waals surface area contributed by atoms with Gasteiger partial charge in [-0.15, -0.1) is 0 Å². The van der Waals surface area contributed by atoms with Crippen LogP contribution in [-0.4, -0.2) is 55.1 Å². The number of carboxylic acid groups (broad SMARTS) is 1. The normalized spacial score (nSPS) is 10.8. The lowest BCUT2D eigenvalue weighted by atomic mass is 9.82. The molecule has 0 aromatic carbocycles. The molecule has 0 aliphatic carbocycles. The van der Waals surface area contributed by atoms with Gasteiger partial charge in [0.05, 0.1) is 5.41 Å². The summed E-state index contributed by atoms with van der Waals surface area (Å²) < 4.78 is 0. The van der Waals surface area contributed by atoms with Crippen molar-refractivity contribution in [3.8, 4) is 0 Å². The summed E-state index contributed by atoms with van der Waals surface area (Å²) in [5, 5.41) is 14.4. The number of urea groups is 1. The van der Waals surface area contributed by atoms with E-state index >= 15 is 0 Å². The van der Waals surface area contributed by atoms with E-state index in [4.69, 9.17) is 0 Å². The van der Waals surface area contributed by atoms with Crippen molar-refractivity contribution in [3.05, 3.63) is 0 Å². The van der Waals surface area contributed by atoms with Gasteiger partial charge in [0, 0.05) is 33.6 Å². The quantitative estimate of drug-likeness (QED) is 0.610. The smallest absolute Gasteiger partial charge is 0.317 e. The lowest BCUT2D eigenvalue weighted by Crippen LogP contribution is -2.46. The van der Waals surface area contributed by atoms with E-state index in [2.05, 4.69) is 10.6 Å². The highest BCUT2D eigenvalue weighted by Crippen LogP contribution is 2.25. The zero-order chi connectivity index (χ0) is 15.8. The fourth-order valence-electron chi connectivity index (χ4n) is 1.75. The van der Waals surface area contributed by atoms with Crippen LogP contribution in [0.5, 0.6) is 0 Å². The first-order valence-corrected chi connectivity index (χ1v) is 6.76. The highest BCUT2D eigenvalue weighted by molar-refractivity contribution is 5.79. The summed E-state index contributed by atoms with van der Waals surface area (Å²) >= 11 is 0. The molecule has 20 heavy (non-hydrogen) atoms. The Balaban J connectivity index is 4.39. The van der Waals surface area contributed by atoms with Crippen LogP contribution >= 0.6 is 0 Å². The number of aliphatic carboxylic acids is 1. The van der Waals surface area contributed by atoms with Crippen molar-refractivity contribution in [1.29, 1.82) is 0 Å². The minimum absolute atomic E-state index is 0.0818. The minimum Gasteiger partial charge on any atom is -0.481 e. The number of carboxylic acids is 1. The lowest BCUT2D eigenvalue weighted by molar-refractivity contribution is -0.149. The zero-order valence-electron chi connectivity index (χ0n) is 12.7. The number of amides is 3. The highest BCUT2D eigenvalue weighted by Gasteiger charge is 2.35. The van der Waals surface area contributed by atoms with Crippen molar-refractivity contribution in [2.24, 2.45) is 5.41 Å². The van der Waals surface area contributed by atoms with E-state index in [0.717, 1.165) is 0 Å². The molecule has 0 heterocycles. The number of rotatable bonds is 8. The Bertz CT molecular complexity index is 354. The number of carbonyl (C=O) groups is 3. The largest absolute Gasteiger partial charge is 0.481 e. The zero-order valence-corrected chi connectivity index (χ0v) is 12.7. The second-order valence-corrected chi connectivity index (χ2v) is 4.80. The van der Waals surface area contributed by atoms with Crippen LogP contribution in [0.2, 0.25) is 0 Å². The standard InChI is InChI=1S/C13H25N3O4/c1-5-13(6-2,11(18)19)9-15-12(20)16(4)8-7-10(17)14-3/h5-9H2,1-4H3,(H,14,17)(H,15,20)(H,18,19). The molecule has 0 aromatic rings. The average Bonchev–Trinajstić information content (AvgIpc) is 2.45. The fraction of sp³-hybridized carbons (Fsp3) is 0.769. The second-order valence-electron chi connectivity index (χ2n) is 4.80. The highest BCUT2D eigenvalue weighted by atomic mass is 16.4. The number of hydrogen-bond donors (Lipinski definition) is 3. The average molecular weight is 287 g/mol. The summed E-state index contributed by atoms with van der Waals surface area (Å²) in [7, 11) is 3.10. The first-order valence-electron chi connectivity index (χ1n) is 6.76. The van der Waals surface area contributed by atoms with Gasteiger partial charge in [-0.25, -0.2) is 4.79 Å². The maximum Gasteiger partial charge on any atom is 0.317 e. The summed E-state index contributed by atoms with van der Waals surface area (Å²) in [4.78, 5) is 35.6. The third-order valence-corrected chi connectivity index (χ3v) is 3.69. The van der Waals surface area contributed by atoms with Crippen LogP contribution in [0.3, 0.4) is 0 Å².